The topological polar surface area (TPSA) is 65.9 Å². The first-order chi connectivity index (χ1) is 9.22. The molecule has 1 spiro atoms. The first-order valence-corrected chi connectivity index (χ1v) is 7.13. The summed E-state index contributed by atoms with van der Waals surface area (Å²) >= 11 is 0. The van der Waals surface area contributed by atoms with E-state index in [1.807, 2.05) is 0 Å². The van der Waals surface area contributed by atoms with Gasteiger partial charge in [-0.3, -0.25) is 0 Å². The minimum absolute atomic E-state index is 0.560. The lowest BCUT2D eigenvalue weighted by molar-refractivity contribution is 0.226. The number of hydrogen-bond donors (Lipinski definition) is 1. The quantitative estimate of drug-likeness (QED) is 0.839. The molecule has 1 aromatic heterocycles. The molecule has 1 saturated heterocycles. The molecule has 1 saturated carbocycles. The largest absolute Gasteiger partial charge is 0.397 e. The molecule has 2 N–H and O–H groups in total. The lowest BCUT2D eigenvalue weighted by atomic mass is 9.77. The molecule has 1 aliphatic heterocycles. The van der Waals surface area contributed by atoms with Gasteiger partial charge in [-0.2, -0.15) is 5.26 Å². The summed E-state index contributed by atoms with van der Waals surface area (Å²) in [5, 5.41) is 9.21. The van der Waals surface area contributed by atoms with Crippen molar-refractivity contribution in [3.8, 4) is 6.07 Å². The summed E-state index contributed by atoms with van der Waals surface area (Å²) in [5.41, 5.74) is 7.45. The maximum absolute atomic E-state index is 9.21. The summed E-state index contributed by atoms with van der Waals surface area (Å²) < 4.78 is 0. The third-order valence-electron chi connectivity index (χ3n) is 4.80. The molecule has 1 aliphatic carbocycles. The van der Waals surface area contributed by atoms with Gasteiger partial charge in [-0.05, 0) is 37.2 Å². The second-order valence-corrected chi connectivity index (χ2v) is 5.95. The molecule has 0 atom stereocenters. The number of nitrogen functional groups attached to an aromatic ring is 1. The van der Waals surface area contributed by atoms with Crippen LogP contribution < -0.4 is 10.6 Å². The normalized spacial score (nSPS) is 21.5. The molecule has 3 rings (SSSR count). The van der Waals surface area contributed by atoms with Crippen molar-refractivity contribution in [2.45, 2.75) is 38.5 Å². The summed E-state index contributed by atoms with van der Waals surface area (Å²) in [6.07, 6.45) is 9.69. The summed E-state index contributed by atoms with van der Waals surface area (Å²) in [4.78, 5) is 6.62. The van der Waals surface area contributed by atoms with E-state index in [0.29, 0.717) is 16.7 Å². The predicted molar refractivity (Wildman–Crippen MR) is 75.7 cm³/mol. The van der Waals surface area contributed by atoms with E-state index in [9.17, 15) is 5.26 Å². The molecular weight excluding hydrogens is 236 g/mol. The third-order valence-corrected chi connectivity index (χ3v) is 4.80. The molecule has 0 bridgehead atoms. The summed E-state index contributed by atoms with van der Waals surface area (Å²) in [5.74, 6) is 0.810. The molecule has 100 valence electrons. The number of piperidine rings is 1. The van der Waals surface area contributed by atoms with Gasteiger partial charge in [-0.15, -0.1) is 0 Å². The molecule has 0 aromatic carbocycles. The van der Waals surface area contributed by atoms with Crippen LogP contribution in [0.4, 0.5) is 11.5 Å². The number of pyridine rings is 1. The van der Waals surface area contributed by atoms with Crippen molar-refractivity contribution in [2.75, 3.05) is 23.7 Å². The molecule has 2 fully saturated rings. The molecule has 2 heterocycles. The molecule has 4 nitrogen and oxygen atoms in total. The zero-order valence-corrected chi connectivity index (χ0v) is 11.2. The Morgan fingerprint density at radius 3 is 2.53 bits per heavy atom. The van der Waals surface area contributed by atoms with E-state index >= 15 is 0 Å². The van der Waals surface area contributed by atoms with Gasteiger partial charge < -0.3 is 10.6 Å². The Morgan fingerprint density at radius 2 is 1.89 bits per heavy atom. The molecule has 0 amide bonds. The van der Waals surface area contributed by atoms with Crippen LogP contribution in [-0.2, 0) is 0 Å². The third kappa shape index (κ3) is 2.25. The molecule has 0 unspecified atom stereocenters. The van der Waals surface area contributed by atoms with Gasteiger partial charge in [-0.25, -0.2) is 4.98 Å². The van der Waals surface area contributed by atoms with Crippen LogP contribution in [0.5, 0.6) is 0 Å². The van der Waals surface area contributed by atoms with Crippen LogP contribution in [0.25, 0.3) is 0 Å². The first kappa shape index (κ1) is 12.3. The van der Waals surface area contributed by atoms with Crippen LogP contribution >= 0.6 is 0 Å². The standard InChI is InChI=1S/C15H20N4/c16-10-12-9-13(17)11-18-14(12)19-7-5-15(6-8-19)3-1-2-4-15/h9,11H,1-8,17H2. The maximum atomic E-state index is 9.21. The first-order valence-electron chi connectivity index (χ1n) is 7.13. The number of anilines is 2. The second kappa shape index (κ2) is 4.73. The summed E-state index contributed by atoms with van der Waals surface area (Å²) in [6, 6.07) is 3.94. The maximum Gasteiger partial charge on any atom is 0.146 e. The molecule has 19 heavy (non-hydrogen) atoms. The molecule has 0 radical (unpaired) electrons. The highest BCUT2D eigenvalue weighted by Gasteiger charge is 2.37. The fourth-order valence-electron chi connectivity index (χ4n) is 3.63. The van der Waals surface area contributed by atoms with Crippen LogP contribution in [0.2, 0.25) is 0 Å². The number of nitriles is 1. The van der Waals surface area contributed by atoms with Crippen molar-refractivity contribution in [3.05, 3.63) is 17.8 Å². The van der Waals surface area contributed by atoms with Gasteiger partial charge >= 0.3 is 0 Å². The fourth-order valence-corrected chi connectivity index (χ4v) is 3.63. The van der Waals surface area contributed by atoms with Crippen molar-refractivity contribution >= 4 is 11.5 Å². The Morgan fingerprint density at radius 1 is 1.21 bits per heavy atom. The minimum atomic E-state index is 0.560. The van der Waals surface area contributed by atoms with Gasteiger partial charge in [0.15, 0.2) is 0 Å². The monoisotopic (exact) mass is 256 g/mol. The van der Waals surface area contributed by atoms with Crippen LogP contribution in [0.3, 0.4) is 0 Å². The van der Waals surface area contributed by atoms with Gasteiger partial charge in [0.05, 0.1) is 17.4 Å². The van der Waals surface area contributed by atoms with Gasteiger partial charge in [0, 0.05) is 13.1 Å². The van der Waals surface area contributed by atoms with E-state index in [1.54, 1.807) is 12.3 Å². The Bertz CT molecular complexity index is 501. The smallest absolute Gasteiger partial charge is 0.146 e. The van der Waals surface area contributed by atoms with Gasteiger partial charge in [0.1, 0.15) is 11.9 Å². The molecule has 2 aliphatic rings. The number of aromatic nitrogens is 1. The fraction of sp³-hybridized carbons (Fsp3) is 0.600. The predicted octanol–water partition coefficient (Wildman–Crippen LogP) is 2.70. The van der Waals surface area contributed by atoms with Crippen LogP contribution in [-0.4, -0.2) is 18.1 Å². The van der Waals surface area contributed by atoms with Crippen molar-refractivity contribution in [1.82, 2.24) is 4.98 Å². The summed E-state index contributed by atoms with van der Waals surface area (Å²) in [7, 11) is 0. The second-order valence-electron chi connectivity index (χ2n) is 5.95. The average Bonchev–Trinajstić information content (AvgIpc) is 2.88. The van der Waals surface area contributed by atoms with Crippen LogP contribution in [0.15, 0.2) is 12.3 Å². The van der Waals surface area contributed by atoms with Crippen LogP contribution in [0, 0.1) is 16.7 Å². The lowest BCUT2D eigenvalue weighted by Crippen LogP contribution is -2.39. The van der Waals surface area contributed by atoms with Crippen LogP contribution in [0.1, 0.15) is 44.1 Å². The minimum Gasteiger partial charge on any atom is -0.397 e. The SMILES string of the molecule is N#Cc1cc(N)cnc1N1CCC2(CCCC2)CC1. The number of nitrogens with zero attached hydrogens (tertiary/aromatic N) is 3. The zero-order chi connectivity index (χ0) is 13.3. The Kier molecular flexibility index (Phi) is 3.06. The van der Waals surface area contributed by atoms with Crippen molar-refractivity contribution in [1.29, 1.82) is 5.26 Å². The molecule has 1 aromatic rings. The van der Waals surface area contributed by atoms with Crippen molar-refractivity contribution in [2.24, 2.45) is 5.41 Å². The molecule has 4 heteroatoms. The van der Waals surface area contributed by atoms with E-state index < -0.39 is 0 Å². The summed E-state index contributed by atoms with van der Waals surface area (Å²) in [6.45, 7) is 2.04. The lowest BCUT2D eigenvalue weighted by Gasteiger charge is -2.40. The highest BCUT2D eigenvalue weighted by Crippen LogP contribution is 2.46. The molecular formula is C15H20N4. The average molecular weight is 256 g/mol. The van der Waals surface area contributed by atoms with Crippen molar-refractivity contribution < 1.29 is 0 Å². The van der Waals surface area contributed by atoms with E-state index in [2.05, 4.69) is 16.0 Å². The highest BCUT2D eigenvalue weighted by molar-refractivity contribution is 5.59. The highest BCUT2D eigenvalue weighted by atomic mass is 15.2. The van der Waals surface area contributed by atoms with E-state index in [-0.39, 0.29) is 0 Å². The Hall–Kier alpha value is -1.76. The number of nitrogens with two attached hydrogens (primary N) is 1. The van der Waals surface area contributed by atoms with E-state index in [1.165, 1.54) is 38.5 Å². The number of rotatable bonds is 1. The van der Waals surface area contributed by atoms with E-state index in [4.69, 9.17) is 5.73 Å². The van der Waals surface area contributed by atoms with Gasteiger partial charge in [0.2, 0.25) is 0 Å². The van der Waals surface area contributed by atoms with E-state index in [0.717, 1.165) is 18.9 Å². The number of hydrogen-bond acceptors (Lipinski definition) is 4. The van der Waals surface area contributed by atoms with Gasteiger partial charge in [0.25, 0.3) is 0 Å². The van der Waals surface area contributed by atoms with Crippen molar-refractivity contribution in [3.63, 3.8) is 0 Å². The Labute approximate surface area is 114 Å². The zero-order valence-electron chi connectivity index (χ0n) is 11.2. The Balaban J connectivity index is 1.77. The van der Waals surface area contributed by atoms with Gasteiger partial charge in [-0.1, -0.05) is 12.8 Å².